The van der Waals surface area contributed by atoms with Crippen LogP contribution in [-0.4, -0.2) is 50.8 Å². The highest BCUT2D eigenvalue weighted by Gasteiger charge is 2.41. The summed E-state index contributed by atoms with van der Waals surface area (Å²) in [6.07, 6.45) is 5.33. The number of hydrogen-bond donors (Lipinski definition) is 3. The van der Waals surface area contributed by atoms with Crippen LogP contribution in [0.5, 0.6) is 0 Å². The molecule has 2 rings (SSSR count). The first kappa shape index (κ1) is 19.6. The van der Waals surface area contributed by atoms with E-state index < -0.39 is 12.0 Å². The van der Waals surface area contributed by atoms with E-state index in [0.29, 0.717) is 13.0 Å². The molecule has 0 radical (unpaired) electrons. The van der Waals surface area contributed by atoms with E-state index in [9.17, 15) is 14.4 Å². The number of carboxylic acids is 1. The van der Waals surface area contributed by atoms with E-state index in [2.05, 4.69) is 46.7 Å². The monoisotopic (exact) mass is 364 g/mol. The Balaban J connectivity index is 1.97. The lowest BCUT2D eigenvalue weighted by Crippen LogP contribution is -2.48. The number of carbonyl (C=O) groups is 2. The first-order chi connectivity index (χ1) is 12.1. The lowest BCUT2D eigenvalue weighted by molar-refractivity contribution is -0.137. The molecule has 10 nitrogen and oxygen atoms in total. The topological polar surface area (TPSA) is 139 Å². The Bertz CT molecular complexity index is 724. The first-order valence-electron chi connectivity index (χ1n) is 8.34. The quantitative estimate of drug-likeness (QED) is 0.515. The summed E-state index contributed by atoms with van der Waals surface area (Å²) in [6.45, 7) is 6.35. The number of isocyanates is 1. The van der Waals surface area contributed by atoms with Gasteiger partial charge in [0.15, 0.2) is 5.82 Å². The predicted octanol–water partition coefficient (Wildman–Crippen LogP) is 1.40. The number of aliphatic carboxylic acids is 1. The van der Waals surface area contributed by atoms with Crippen molar-refractivity contribution in [3.05, 3.63) is 6.20 Å². The van der Waals surface area contributed by atoms with Crippen LogP contribution in [0.25, 0.3) is 0 Å². The van der Waals surface area contributed by atoms with Crippen molar-refractivity contribution in [2.75, 3.05) is 11.9 Å². The minimum absolute atomic E-state index is 0.00598. The van der Waals surface area contributed by atoms with Gasteiger partial charge >= 0.3 is 12.0 Å². The van der Waals surface area contributed by atoms with Gasteiger partial charge in [-0.3, -0.25) is 10.1 Å². The number of carbonyl (C=O) groups excluding carboxylic acids is 2. The lowest BCUT2D eigenvalue weighted by atomic mass is 9.62. The second-order valence-corrected chi connectivity index (χ2v) is 7.96. The Morgan fingerprint density at radius 1 is 1.42 bits per heavy atom. The van der Waals surface area contributed by atoms with E-state index >= 15 is 0 Å². The average Bonchev–Trinajstić information content (AvgIpc) is 2.89. The minimum Gasteiger partial charge on any atom is -0.480 e. The third-order valence-electron chi connectivity index (χ3n) is 4.38. The van der Waals surface area contributed by atoms with Crippen LogP contribution in [0.4, 0.5) is 10.6 Å². The van der Waals surface area contributed by atoms with Crippen molar-refractivity contribution in [1.82, 2.24) is 20.3 Å². The van der Waals surface area contributed by atoms with E-state index in [1.165, 1.54) is 6.20 Å². The molecule has 1 aromatic heterocycles. The van der Waals surface area contributed by atoms with E-state index in [1.807, 2.05) is 0 Å². The van der Waals surface area contributed by atoms with Gasteiger partial charge in [0.05, 0.1) is 12.7 Å². The smallest absolute Gasteiger partial charge is 0.325 e. The number of carboxylic acid groups (broad SMARTS) is 1. The van der Waals surface area contributed by atoms with Crippen LogP contribution in [0.15, 0.2) is 11.2 Å². The van der Waals surface area contributed by atoms with Gasteiger partial charge < -0.3 is 10.4 Å². The Morgan fingerprint density at radius 3 is 2.81 bits per heavy atom. The number of anilines is 1. The van der Waals surface area contributed by atoms with Gasteiger partial charge in [-0.25, -0.2) is 19.3 Å². The summed E-state index contributed by atoms with van der Waals surface area (Å²) in [5.41, 5.74) is -0.199. The van der Waals surface area contributed by atoms with Crippen LogP contribution >= 0.6 is 0 Å². The third kappa shape index (κ3) is 5.66. The molecule has 0 bridgehead atoms. The standard InChI is InChI=1S/C16H24N6O4/c1-15(2)4-11(5-16(3,8-15)9-17-10-23)18-14(26)19-12-6-22(21-20-12)7-13(24)25/h6,11H,4-5,7-9H2,1-3H3,(H,24,25)(H2,18,19,26). The fraction of sp³-hybridized carbons (Fsp3) is 0.688. The van der Waals surface area contributed by atoms with Gasteiger partial charge in [-0.15, -0.1) is 5.10 Å². The van der Waals surface area contributed by atoms with Crippen molar-refractivity contribution in [1.29, 1.82) is 0 Å². The SMILES string of the molecule is CC1(C)CC(NC(=O)Nc2cn(CC(=O)O)nn2)CC(C)(CN=C=O)C1. The van der Waals surface area contributed by atoms with Gasteiger partial charge in [-0.05, 0) is 30.1 Å². The second kappa shape index (κ2) is 7.65. The zero-order chi connectivity index (χ0) is 19.4. The Hall–Kier alpha value is -2.74. The molecule has 1 saturated carbocycles. The zero-order valence-corrected chi connectivity index (χ0v) is 15.2. The van der Waals surface area contributed by atoms with E-state index in [1.54, 1.807) is 6.08 Å². The van der Waals surface area contributed by atoms with Crippen LogP contribution in [-0.2, 0) is 16.1 Å². The summed E-state index contributed by atoms with van der Waals surface area (Å²) in [5, 5.41) is 21.5. The molecule has 2 atom stereocenters. The molecular weight excluding hydrogens is 340 g/mol. The molecule has 26 heavy (non-hydrogen) atoms. The highest BCUT2D eigenvalue weighted by molar-refractivity contribution is 5.88. The Morgan fingerprint density at radius 2 is 2.15 bits per heavy atom. The number of amides is 2. The third-order valence-corrected chi connectivity index (χ3v) is 4.38. The Labute approximate surface area is 151 Å². The largest absolute Gasteiger partial charge is 0.480 e. The van der Waals surface area contributed by atoms with Gasteiger partial charge in [0.2, 0.25) is 6.08 Å². The summed E-state index contributed by atoms with van der Waals surface area (Å²) in [5.74, 6) is -0.875. The zero-order valence-electron chi connectivity index (χ0n) is 15.2. The fourth-order valence-electron chi connectivity index (χ4n) is 3.99. The molecule has 2 unspecified atom stereocenters. The number of aliphatic imine (C=N–C) groups is 1. The van der Waals surface area contributed by atoms with Gasteiger partial charge in [-0.2, -0.15) is 0 Å². The van der Waals surface area contributed by atoms with Crippen molar-refractivity contribution < 1.29 is 19.5 Å². The molecule has 0 aromatic carbocycles. The van der Waals surface area contributed by atoms with Crippen molar-refractivity contribution >= 4 is 23.9 Å². The average molecular weight is 364 g/mol. The number of rotatable bonds is 6. The van der Waals surface area contributed by atoms with Gasteiger partial charge in [-0.1, -0.05) is 26.0 Å². The lowest BCUT2D eigenvalue weighted by Gasteiger charge is -2.46. The molecule has 1 aliphatic rings. The molecule has 0 spiro atoms. The number of hydrogen-bond acceptors (Lipinski definition) is 6. The molecule has 1 aromatic rings. The number of urea groups is 1. The highest BCUT2D eigenvalue weighted by Crippen LogP contribution is 2.46. The van der Waals surface area contributed by atoms with Crippen molar-refractivity contribution in [3.8, 4) is 0 Å². The maximum Gasteiger partial charge on any atom is 0.325 e. The Kier molecular flexibility index (Phi) is 5.76. The van der Waals surface area contributed by atoms with E-state index in [0.717, 1.165) is 17.5 Å². The van der Waals surface area contributed by atoms with Crippen LogP contribution in [0, 0.1) is 10.8 Å². The predicted molar refractivity (Wildman–Crippen MR) is 92.3 cm³/mol. The van der Waals surface area contributed by atoms with Gasteiger partial charge in [0, 0.05) is 6.04 Å². The van der Waals surface area contributed by atoms with Crippen LogP contribution in [0.3, 0.4) is 0 Å². The highest BCUT2D eigenvalue weighted by atomic mass is 16.4. The molecule has 2 amide bonds. The van der Waals surface area contributed by atoms with Crippen molar-refractivity contribution in [2.45, 2.75) is 52.6 Å². The molecule has 1 fully saturated rings. The van der Waals surface area contributed by atoms with Crippen LogP contribution in [0.1, 0.15) is 40.0 Å². The van der Waals surface area contributed by atoms with Crippen molar-refractivity contribution in [3.63, 3.8) is 0 Å². The molecule has 1 aliphatic carbocycles. The maximum absolute atomic E-state index is 12.2. The minimum atomic E-state index is -1.05. The second-order valence-electron chi connectivity index (χ2n) is 7.96. The van der Waals surface area contributed by atoms with Gasteiger partial charge in [0.1, 0.15) is 6.54 Å². The van der Waals surface area contributed by atoms with Crippen molar-refractivity contribution in [2.24, 2.45) is 15.8 Å². The number of nitrogens with zero attached hydrogens (tertiary/aromatic N) is 4. The first-order valence-corrected chi connectivity index (χ1v) is 8.34. The van der Waals surface area contributed by atoms with Crippen LogP contribution in [0.2, 0.25) is 0 Å². The van der Waals surface area contributed by atoms with E-state index in [4.69, 9.17) is 5.11 Å². The van der Waals surface area contributed by atoms with E-state index in [-0.39, 0.29) is 29.2 Å². The molecular formula is C16H24N6O4. The molecule has 3 N–H and O–H groups in total. The fourth-order valence-corrected chi connectivity index (χ4v) is 3.99. The summed E-state index contributed by atoms with van der Waals surface area (Å²) >= 11 is 0. The summed E-state index contributed by atoms with van der Waals surface area (Å²) in [6, 6.07) is -0.518. The number of nitrogens with one attached hydrogen (secondary N) is 2. The summed E-state index contributed by atoms with van der Waals surface area (Å²) < 4.78 is 1.12. The molecule has 142 valence electrons. The summed E-state index contributed by atoms with van der Waals surface area (Å²) in [4.78, 5) is 37.1. The van der Waals surface area contributed by atoms with Gasteiger partial charge in [0.25, 0.3) is 0 Å². The molecule has 0 aliphatic heterocycles. The molecule has 10 heteroatoms. The molecule has 1 heterocycles. The maximum atomic E-state index is 12.2. The number of aromatic nitrogens is 3. The van der Waals surface area contributed by atoms with Crippen LogP contribution < -0.4 is 10.6 Å². The normalized spacial score (nSPS) is 24.3. The summed E-state index contributed by atoms with van der Waals surface area (Å²) in [7, 11) is 0. The molecule has 0 saturated heterocycles.